The Morgan fingerprint density at radius 2 is 1.90 bits per heavy atom. The van der Waals surface area contributed by atoms with E-state index < -0.39 is 36.1 Å². The van der Waals surface area contributed by atoms with Gasteiger partial charge >= 0.3 is 6.18 Å². The first-order valence-corrected chi connectivity index (χ1v) is 7.97. The molecule has 2 rings (SSSR count). The quantitative estimate of drug-likeness (QED) is 0.466. The molecular formula is C18H14F4N4O3. The number of halogens is 4. The Bertz CT molecular complexity index is 1020. The highest BCUT2D eigenvalue weighted by molar-refractivity contribution is 6.42. The van der Waals surface area contributed by atoms with E-state index in [4.69, 9.17) is 5.26 Å². The minimum atomic E-state index is -4.66. The molecule has 1 aromatic heterocycles. The highest BCUT2D eigenvalue weighted by Gasteiger charge is 2.34. The molecule has 0 fully saturated rings. The van der Waals surface area contributed by atoms with Gasteiger partial charge in [0, 0.05) is 31.5 Å². The number of hydrogen-bond donors (Lipinski definition) is 1. The number of rotatable bonds is 5. The van der Waals surface area contributed by atoms with Gasteiger partial charge in [-0.05, 0) is 24.3 Å². The lowest BCUT2D eigenvalue weighted by Crippen LogP contribution is -2.39. The smallest absolute Gasteiger partial charge is 0.346 e. The van der Waals surface area contributed by atoms with Crippen LogP contribution in [0.3, 0.4) is 0 Å². The van der Waals surface area contributed by atoms with E-state index in [1.54, 1.807) is 6.07 Å². The molecule has 0 saturated heterocycles. The second-order valence-electron chi connectivity index (χ2n) is 6.09. The monoisotopic (exact) mass is 410 g/mol. The van der Waals surface area contributed by atoms with Crippen LogP contribution in [0.4, 0.5) is 23.2 Å². The van der Waals surface area contributed by atoms with Crippen molar-refractivity contribution < 1.29 is 31.9 Å². The van der Waals surface area contributed by atoms with E-state index in [-0.39, 0.29) is 27.4 Å². The van der Waals surface area contributed by atoms with Crippen LogP contribution in [0, 0.1) is 17.1 Å². The van der Waals surface area contributed by atoms with Crippen molar-refractivity contribution in [1.29, 1.82) is 5.26 Å². The Hall–Kier alpha value is -3.68. The Labute approximate surface area is 162 Å². The zero-order chi connectivity index (χ0) is 21.9. The van der Waals surface area contributed by atoms with Gasteiger partial charge < -0.3 is 14.8 Å². The van der Waals surface area contributed by atoms with E-state index in [2.05, 4.69) is 5.32 Å². The van der Waals surface area contributed by atoms with Crippen LogP contribution >= 0.6 is 0 Å². The van der Waals surface area contributed by atoms with E-state index >= 15 is 0 Å². The number of Topliss-reactive ketones (excluding diaryl/α,β-unsaturated/α-hetero) is 1. The van der Waals surface area contributed by atoms with Crippen LogP contribution in [-0.4, -0.2) is 46.8 Å². The van der Waals surface area contributed by atoms with Gasteiger partial charge in [-0.25, -0.2) is 4.39 Å². The Morgan fingerprint density at radius 3 is 2.48 bits per heavy atom. The fourth-order valence-corrected chi connectivity index (χ4v) is 2.44. The van der Waals surface area contributed by atoms with Crippen molar-refractivity contribution in [3.8, 4) is 6.07 Å². The minimum Gasteiger partial charge on any atom is -0.346 e. The van der Waals surface area contributed by atoms with Gasteiger partial charge in [-0.2, -0.15) is 18.4 Å². The highest BCUT2D eigenvalue weighted by Crippen LogP contribution is 2.18. The van der Waals surface area contributed by atoms with Gasteiger partial charge in [0.05, 0.1) is 5.56 Å². The summed E-state index contributed by atoms with van der Waals surface area (Å²) in [6.45, 7) is -1.59. The number of nitrogens with one attached hydrogen (secondary N) is 1. The van der Waals surface area contributed by atoms with Gasteiger partial charge in [0.2, 0.25) is 0 Å². The van der Waals surface area contributed by atoms with Gasteiger partial charge in [-0.15, -0.1) is 0 Å². The SMILES string of the molecule is CN(CC(F)(F)F)C(=O)C(=O)c1cc(C(=O)Nc2ccc(F)c(C#N)c2)n(C)c1. The molecule has 2 amide bonds. The van der Waals surface area contributed by atoms with E-state index in [0.717, 1.165) is 31.4 Å². The largest absolute Gasteiger partial charge is 0.406 e. The maximum atomic E-state index is 13.3. The van der Waals surface area contributed by atoms with Crippen LogP contribution in [0.2, 0.25) is 0 Å². The van der Waals surface area contributed by atoms with Crippen LogP contribution in [0.25, 0.3) is 0 Å². The summed E-state index contributed by atoms with van der Waals surface area (Å²) in [6, 6.07) is 5.99. The molecule has 29 heavy (non-hydrogen) atoms. The standard InChI is InChI=1S/C18H14F4N4O3/c1-25-8-11(15(27)17(29)26(2)9-18(20,21)22)6-14(25)16(28)24-12-3-4-13(19)10(5-12)7-23/h3-6,8H,9H2,1-2H3,(H,24,28). The number of likely N-dealkylation sites (N-methyl/N-ethyl adjacent to an activating group) is 1. The molecule has 0 unspecified atom stereocenters. The molecule has 0 radical (unpaired) electrons. The summed E-state index contributed by atoms with van der Waals surface area (Å²) in [5.74, 6) is -4.09. The molecule has 0 aliphatic rings. The highest BCUT2D eigenvalue weighted by atomic mass is 19.4. The molecule has 1 N–H and O–H groups in total. The third-order valence-corrected chi connectivity index (χ3v) is 3.80. The molecule has 11 heteroatoms. The van der Waals surface area contributed by atoms with Crippen molar-refractivity contribution in [2.45, 2.75) is 6.18 Å². The third kappa shape index (κ3) is 5.19. The number of aromatic nitrogens is 1. The summed E-state index contributed by atoms with van der Waals surface area (Å²) in [5.41, 5.74) is -0.525. The minimum absolute atomic E-state index is 0.0811. The molecule has 0 aliphatic carbocycles. The Morgan fingerprint density at radius 1 is 1.24 bits per heavy atom. The van der Waals surface area contributed by atoms with Crippen LogP contribution in [0.1, 0.15) is 26.4 Å². The number of nitrogens with zero attached hydrogens (tertiary/aromatic N) is 3. The summed E-state index contributed by atoms with van der Waals surface area (Å²) >= 11 is 0. The summed E-state index contributed by atoms with van der Waals surface area (Å²) in [6.07, 6.45) is -3.54. The predicted molar refractivity (Wildman–Crippen MR) is 92.5 cm³/mol. The van der Waals surface area contributed by atoms with Crippen molar-refractivity contribution in [3.63, 3.8) is 0 Å². The summed E-state index contributed by atoms with van der Waals surface area (Å²) in [7, 11) is 2.23. The lowest BCUT2D eigenvalue weighted by atomic mass is 10.2. The molecule has 0 aliphatic heterocycles. The second kappa shape index (κ2) is 8.14. The fourth-order valence-electron chi connectivity index (χ4n) is 2.44. The van der Waals surface area contributed by atoms with Crippen molar-refractivity contribution >= 4 is 23.3 Å². The molecule has 152 valence electrons. The molecule has 7 nitrogen and oxygen atoms in total. The number of ketones is 1. The predicted octanol–water partition coefficient (Wildman–Crippen LogP) is 2.49. The molecule has 1 heterocycles. The van der Waals surface area contributed by atoms with Gasteiger partial charge in [0.15, 0.2) is 0 Å². The third-order valence-electron chi connectivity index (χ3n) is 3.80. The summed E-state index contributed by atoms with van der Waals surface area (Å²) < 4.78 is 51.7. The number of alkyl halides is 3. The van der Waals surface area contributed by atoms with Crippen LogP contribution in [-0.2, 0) is 11.8 Å². The first-order chi connectivity index (χ1) is 13.4. The maximum absolute atomic E-state index is 13.3. The van der Waals surface area contributed by atoms with Crippen molar-refractivity contribution in [1.82, 2.24) is 9.47 Å². The number of amides is 2. The molecule has 0 spiro atoms. The lowest BCUT2D eigenvalue weighted by molar-refractivity contribution is -0.155. The van der Waals surface area contributed by atoms with E-state index in [9.17, 15) is 31.9 Å². The number of aryl methyl sites for hydroxylation is 1. The van der Waals surface area contributed by atoms with E-state index in [1.807, 2.05) is 0 Å². The zero-order valence-corrected chi connectivity index (χ0v) is 15.2. The Balaban J connectivity index is 2.19. The fraction of sp³-hybridized carbons (Fsp3) is 0.222. The number of nitriles is 1. The van der Waals surface area contributed by atoms with Crippen molar-refractivity contribution in [3.05, 3.63) is 53.1 Å². The molecule has 0 bridgehead atoms. The topological polar surface area (TPSA) is 95.2 Å². The number of anilines is 1. The van der Waals surface area contributed by atoms with Gasteiger partial charge in [-0.1, -0.05) is 0 Å². The summed E-state index contributed by atoms with van der Waals surface area (Å²) in [4.78, 5) is 36.7. The normalized spacial score (nSPS) is 10.9. The van der Waals surface area contributed by atoms with E-state index in [0.29, 0.717) is 0 Å². The number of hydrogen-bond acceptors (Lipinski definition) is 4. The van der Waals surface area contributed by atoms with Crippen LogP contribution in [0.5, 0.6) is 0 Å². The molecule has 0 saturated carbocycles. The van der Waals surface area contributed by atoms with Crippen molar-refractivity contribution in [2.75, 3.05) is 18.9 Å². The first kappa shape index (κ1) is 21.6. The molecular weight excluding hydrogens is 396 g/mol. The zero-order valence-electron chi connectivity index (χ0n) is 15.2. The number of carbonyl (C=O) groups is 3. The Kier molecular flexibility index (Phi) is 6.06. The molecule has 2 aromatic rings. The van der Waals surface area contributed by atoms with Crippen molar-refractivity contribution in [2.24, 2.45) is 7.05 Å². The first-order valence-electron chi connectivity index (χ1n) is 7.97. The van der Waals surface area contributed by atoms with Gasteiger partial charge in [0.25, 0.3) is 17.6 Å². The maximum Gasteiger partial charge on any atom is 0.406 e. The number of benzene rings is 1. The lowest BCUT2D eigenvalue weighted by Gasteiger charge is -2.17. The average Bonchev–Trinajstić information content (AvgIpc) is 3.02. The second-order valence-corrected chi connectivity index (χ2v) is 6.09. The van der Waals surface area contributed by atoms with Gasteiger partial charge in [0.1, 0.15) is 24.1 Å². The summed E-state index contributed by atoms with van der Waals surface area (Å²) in [5, 5.41) is 11.2. The number of carbonyl (C=O) groups excluding carboxylic acids is 3. The average molecular weight is 410 g/mol. The van der Waals surface area contributed by atoms with E-state index in [1.165, 1.54) is 17.7 Å². The van der Waals surface area contributed by atoms with Crippen LogP contribution in [0.15, 0.2) is 30.5 Å². The van der Waals surface area contributed by atoms with Gasteiger partial charge in [-0.3, -0.25) is 14.4 Å². The molecule has 1 aromatic carbocycles. The van der Waals surface area contributed by atoms with Crippen LogP contribution < -0.4 is 5.32 Å². The molecule has 0 atom stereocenters.